The molecule has 0 spiro atoms. The number of phenols is 1. The number of carbonyl (C=O) groups is 1. The molecule has 0 radical (unpaired) electrons. The Morgan fingerprint density at radius 3 is 3.00 bits per heavy atom. The van der Waals surface area contributed by atoms with Gasteiger partial charge in [0.1, 0.15) is 23.7 Å². The van der Waals surface area contributed by atoms with E-state index in [-0.39, 0.29) is 11.3 Å². The third kappa shape index (κ3) is 3.33. The zero-order chi connectivity index (χ0) is 14.4. The van der Waals surface area contributed by atoms with E-state index in [1.807, 2.05) is 0 Å². The number of aromatic nitrogens is 3. The van der Waals surface area contributed by atoms with Crippen LogP contribution in [0.2, 0.25) is 0 Å². The van der Waals surface area contributed by atoms with Crippen LogP contribution in [-0.2, 0) is 4.79 Å². The molecule has 0 aliphatic heterocycles. The lowest BCUT2D eigenvalue weighted by Gasteiger charge is -2.04. The first kappa shape index (κ1) is 13.1. The van der Waals surface area contributed by atoms with Crippen LogP contribution in [0.1, 0.15) is 0 Å². The maximum Gasteiger partial charge on any atom is 0.267 e. The molecule has 0 aliphatic rings. The Morgan fingerprint density at radius 2 is 2.35 bits per heavy atom. The summed E-state index contributed by atoms with van der Waals surface area (Å²) in [6, 6.07) is 7.78. The number of nitrogens with one attached hydrogen (secondary N) is 3. The van der Waals surface area contributed by atoms with Crippen LogP contribution < -0.4 is 10.6 Å². The number of benzene rings is 1. The molecular weight excluding hydrogens is 260 g/mol. The van der Waals surface area contributed by atoms with Crippen LogP contribution in [0.4, 0.5) is 11.6 Å². The van der Waals surface area contributed by atoms with Gasteiger partial charge >= 0.3 is 0 Å². The number of aromatic amines is 1. The molecule has 8 nitrogen and oxygen atoms in total. The van der Waals surface area contributed by atoms with Gasteiger partial charge in [0.05, 0.1) is 0 Å². The molecule has 1 aromatic heterocycles. The molecule has 2 rings (SSSR count). The fourth-order valence-corrected chi connectivity index (χ4v) is 1.35. The minimum atomic E-state index is -0.606. The monoisotopic (exact) mass is 270 g/mol. The first-order chi connectivity index (χ1) is 9.69. The number of carbonyl (C=O) groups excluding carboxylic acids is 1. The van der Waals surface area contributed by atoms with Crippen LogP contribution in [0.25, 0.3) is 0 Å². The molecule has 1 amide bonds. The summed E-state index contributed by atoms with van der Waals surface area (Å²) in [5.74, 6) is -0.280. The van der Waals surface area contributed by atoms with Crippen LogP contribution in [-0.4, -0.2) is 26.2 Å². The van der Waals surface area contributed by atoms with Crippen molar-refractivity contribution in [1.82, 2.24) is 15.2 Å². The lowest BCUT2D eigenvalue weighted by molar-refractivity contribution is -0.112. The molecule has 20 heavy (non-hydrogen) atoms. The van der Waals surface area contributed by atoms with Gasteiger partial charge in [-0.1, -0.05) is 6.07 Å². The van der Waals surface area contributed by atoms with E-state index in [0.717, 1.165) is 0 Å². The second-order valence-corrected chi connectivity index (χ2v) is 3.65. The summed E-state index contributed by atoms with van der Waals surface area (Å²) in [6.45, 7) is 0. The lowest BCUT2D eigenvalue weighted by atomic mass is 10.2. The maximum absolute atomic E-state index is 11.8. The van der Waals surface area contributed by atoms with E-state index >= 15 is 0 Å². The topological polar surface area (TPSA) is 127 Å². The molecular formula is C12H10N6O2. The standard InChI is InChI=1S/C12H10N6O2/c13-5-8(6-14-12-15-7-16-18-12)11(20)17-9-2-1-3-10(19)4-9/h1-4,6-7,19H,(H,17,20)(H2,14,15,16,18)/b8-6-. The predicted octanol–water partition coefficient (Wildman–Crippen LogP) is 0.968. The van der Waals surface area contributed by atoms with E-state index in [9.17, 15) is 9.90 Å². The number of anilines is 2. The summed E-state index contributed by atoms with van der Waals surface area (Å²) in [4.78, 5) is 15.6. The number of phenolic OH excluding ortho intramolecular Hbond substituents is 1. The van der Waals surface area contributed by atoms with E-state index in [2.05, 4.69) is 25.8 Å². The Bertz CT molecular complexity index is 672. The maximum atomic E-state index is 11.8. The van der Waals surface area contributed by atoms with Crippen LogP contribution >= 0.6 is 0 Å². The van der Waals surface area contributed by atoms with Crippen LogP contribution in [0.5, 0.6) is 5.75 Å². The Balaban J connectivity index is 2.06. The minimum Gasteiger partial charge on any atom is -0.508 e. The Hall–Kier alpha value is -3.34. The number of nitriles is 1. The highest BCUT2D eigenvalue weighted by Crippen LogP contribution is 2.15. The highest BCUT2D eigenvalue weighted by Gasteiger charge is 2.09. The van der Waals surface area contributed by atoms with Gasteiger partial charge in [-0.25, -0.2) is 5.10 Å². The third-order valence-corrected chi connectivity index (χ3v) is 2.24. The van der Waals surface area contributed by atoms with Gasteiger partial charge in [-0.05, 0) is 12.1 Å². The molecule has 1 heterocycles. The predicted molar refractivity (Wildman–Crippen MR) is 70.4 cm³/mol. The van der Waals surface area contributed by atoms with Gasteiger partial charge in [-0.2, -0.15) is 15.3 Å². The number of H-pyrrole nitrogens is 1. The van der Waals surface area contributed by atoms with Crippen molar-refractivity contribution in [2.75, 3.05) is 10.6 Å². The van der Waals surface area contributed by atoms with Crippen molar-refractivity contribution in [2.24, 2.45) is 0 Å². The second kappa shape index (κ2) is 6.01. The number of aromatic hydroxyl groups is 1. The number of rotatable bonds is 4. The minimum absolute atomic E-state index is 0.0186. The summed E-state index contributed by atoms with van der Waals surface area (Å²) in [6.07, 6.45) is 2.49. The van der Waals surface area contributed by atoms with Crippen molar-refractivity contribution in [3.05, 3.63) is 42.4 Å². The normalized spacial score (nSPS) is 10.7. The zero-order valence-corrected chi connectivity index (χ0v) is 10.2. The summed E-state index contributed by atoms with van der Waals surface area (Å²) >= 11 is 0. The Kier molecular flexibility index (Phi) is 3.94. The van der Waals surface area contributed by atoms with E-state index in [1.165, 1.54) is 24.7 Å². The van der Waals surface area contributed by atoms with Gasteiger partial charge in [0.2, 0.25) is 5.95 Å². The van der Waals surface area contributed by atoms with Gasteiger partial charge in [-0.15, -0.1) is 0 Å². The zero-order valence-electron chi connectivity index (χ0n) is 10.2. The van der Waals surface area contributed by atoms with Gasteiger partial charge in [0.25, 0.3) is 5.91 Å². The first-order valence-corrected chi connectivity index (χ1v) is 5.51. The van der Waals surface area contributed by atoms with E-state index in [0.29, 0.717) is 11.6 Å². The summed E-state index contributed by atoms with van der Waals surface area (Å²) in [5.41, 5.74) is 0.237. The van der Waals surface area contributed by atoms with E-state index in [1.54, 1.807) is 18.2 Å². The van der Waals surface area contributed by atoms with Gasteiger partial charge in [0, 0.05) is 18.0 Å². The average molecular weight is 270 g/mol. The molecule has 0 fully saturated rings. The number of nitrogens with zero attached hydrogens (tertiary/aromatic N) is 3. The van der Waals surface area contributed by atoms with Gasteiger partial charge < -0.3 is 15.7 Å². The first-order valence-electron chi connectivity index (χ1n) is 5.51. The lowest BCUT2D eigenvalue weighted by Crippen LogP contribution is -2.14. The highest BCUT2D eigenvalue weighted by molar-refractivity contribution is 6.06. The third-order valence-electron chi connectivity index (χ3n) is 2.24. The molecule has 0 bridgehead atoms. The highest BCUT2D eigenvalue weighted by atomic mass is 16.3. The number of amides is 1. The van der Waals surface area contributed by atoms with E-state index in [4.69, 9.17) is 5.26 Å². The fourth-order valence-electron chi connectivity index (χ4n) is 1.35. The molecule has 100 valence electrons. The molecule has 2 aromatic rings. The number of hydrogen-bond acceptors (Lipinski definition) is 6. The molecule has 0 unspecified atom stereocenters. The summed E-state index contributed by atoms with van der Waals surface area (Å²) < 4.78 is 0. The molecule has 0 saturated heterocycles. The van der Waals surface area contributed by atoms with Crippen LogP contribution in [0, 0.1) is 11.3 Å². The van der Waals surface area contributed by atoms with Crippen molar-refractivity contribution >= 4 is 17.5 Å². The quantitative estimate of drug-likeness (QED) is 0.484. The molecule has 1 aromatic carbocycles. The van der Waals surface area contributed by atoms with Crippen molar-refractivity contribution in [3.63, 3.8) is 0 Å². The Morgan fingerprint density at radius 1 is 1.50 bits per heavy atom. The molecule has 0 saturated carbocycles. The molecule has 8 heteroatoms. The van der Waals surface area contributed by atoms with Crippen molar-refractivity contribution in [1.29, 1.82) is 5.26 Å². The summed E-state index contributed by atoms with van der Waals surface area (Å²) in [5, 5.41) is 29.5. The average Bonchev–Trinajstić information content (AvgIpc) is 2.92. The van der Waals surface area contributed by atoms with Crippen molar-refractivity contribution in [3.8, 4) is 11.8 Å². The molecule has 0 aliphatic carbocycles. The van der Waals surface area contributed by atoms with Crippen molar-refractivity contribution in [2.45, 2.75) is 0 Å². The number of hydrogen-bond donors (Lipinski definition) is 4. The second-order valence-electron chi connectivity index (χ2n) is 3.65. The van der Waals surface area contributed by atoms with Crippen molar-refractivity contribution < 1.29 is 9.90 Å². The Labute approximate surface area is 113 Å². The largest absolute Gasteiger partial charge is 0.508 e. The van der Waals surface area contributed by atoms with Gasteiger partial charge in [-0.3, -0.25) is 4.79 Å². The molecule has 0 atom stereocenters. The molecule has 4 N–H and O–H groups in total. The SMILES string of the molecule is N#C/C(=C/Nc1ncn[nH]1)C(=O)Nc1cccc(O)c1. The van der Waals surface area contributed by atoms with Crippen LogP contribution in [0.15, 0.2) is 42.4 Å². The van der Waals surface area contributed by atoms with Gasteiger partial charge in [0.15, 0.2) is 0 Å². The van der Waals surface area contributed by atoms with Crippen LogP contribution in [0.3, 0.4) is 0 Å². The smallest absolute Gasteiger partial charge is 0.267 e. The van der Waals surface area contributed by atoms with E-state index < -0.39 is 5.91 Å². The summed E-state index contributed by atoms with van der Waals surface area (Å²) in [7, 11) is 0. The fraction of sp³-hybridized carbons (Fsp3) is 0.